The maximum Gasteiger partial charge on any atom is 0.340 e. The van der Waals surface area contributed by atoms with Crippen LogP contribution in [0.25, 0.3) is 10.9 Å². The van der Waals surface area contributed by atoms with E-state index in [4.69, 9.17) is 9.47 Å². The van der Waals surface area contributed by atoms with Crippen LogP contribution in [0.4, 0.5) is 0 Å². The first-order valence-electron chi connectivity index (χ1n) is 11.3. The monoisotopic (exact) mass is 595 g/mol. The number of hydrogen-bond acceptors (Lipinski definition) is 8. The van der Waals surface area contributed by atoms with Crippen molar-refractivity contribution < 1.29 is 23.6 Å². The summed E-state index contributed by atoms with van der Waals surface area (Å²) >= 11 is 3.38. The summed E-state index contributed by atoms with van der Waals surface area (Å²) < 4.78 is 26.2. The Hall–Kier alpha value is -4.13. The number of imidazole rings is 1. The van der Waals surface area contributed by atoms with Crippen molar-refractivity contribution in [2.75, 3.05) is 13.7 Å². The number of hydrogen-bond donors (Lipinski definition) is 2. The van der Waals surface area contributed by atoms with E-state index < -0.39 is 16.8 Å². The molecule has 0 saturated carbocycles. The molecule has 0 aliphatic heterocycles. The Morgan fingerprint density at radius 1 is 1.29 bits per heavy atom. The number of nitriles is 2. The molecule has 0 amide bonds. The number of carbonyl (C=O) groups excluding carboxylic acids is 1. The molecule has 0 radical (unpaired) electrons. The van der Waals surface area contributed by atoms with Gasteiger partial charge < -0.3 is 24.1 Å². The van der Waals surface area contributed by atoms with Gasteiger partial charge in [0.1, 0.15) is 29.5 Å². The zero-order chi connectivity index (χ0) is 27.6. The number of nitrogens with one attached hydrogen (secondary N) is 1. The highest BCUT2D eigenvalue weighted by Crippen LogP contribution is 2.40. The topological polar surface area (TPSA) is 154 Å². The van der Waals surface area contributed by atoms with E-state index in [1.165, 1.54) is 7.11 Å². The zero-order valence-corrected chi connectivity index (χ0v) is 23.1. The van der Waals surface area contributed by atoms with Crippen molar-refractivity contribution >= 4 is 43.6 Å². The van der Waals surface area contributed by atoms with Crippen LogP contribution < -0.4 is 4.74 Å². The molecule has 2 aromatic carbocycles. The number of H-pyrrole nitrogens is 1. The van der Waals surface area contributed by atoms with Crippen molar-refractivity contribution in [1.82, 2.24) is 14.5 Å². The number of phenols is 1. The Kier molecular flexibility index (Phi) is 7.86. The SMILES string of the molecule is CCOC(=O)c1c(CS(=O)c2cccc(OC)c2)n(C)c2cc(Br)c(O)c(Cc3nc(C#N)c(C#N)[nH]3)c12. The molecule has 2 heterocycles. The summed E-state index contributed by atoms with van der Waals surface area (Å²) in [7, 11) is 1.72. The van der Waals surface area contributed by atoms with Gasteiger partial charge in [-0.3, -0.25) is 4.21 Å². The number of aromatic nitrogens is 3. The number of rotatable bonds is 8. The molecule has 4 aromatic rings. The summed E-state index contributed by atoms with van der Waals surface area (Å²) in [5.41, 5.74) is 1.47. The number of methoxy groups -OCH3 is 1. The van der Waals surface area contributed by atoms with Crippen LogP contribution in [0.15, 0.2) is 39.7 Å². The fraction of sp³-hybridized carbons (Fsp3) is 0.231. The molecule has 10 nitrogen and oxygen atoms in total. The lowest BCUT2D eigenvalue weighted by Crippen LogP contribution is -2.11. The normalized spacial score (nSPS) is 11.6. The quantitative estimate of drug-likeness (QED) is 0.287. The van der Waals surface area contributed by atoms with Crippen molar-refractivity contribution in [2.45, 2.75) is 24.0 Å². The lowest BCUT2D eigenvalue weighted by Gasteiger charge is -2.10. The fourth-order valence-corrected chi connectivity index (χ4v) is 5.92. The van der Waals surface area contributed by atoms with Crippen molar-refractivity contribution in [3.8, 4) is 23.6 Å². The van der Waals surface area contributed by atoms with Gasteiger partial charge in [0.2, 0.25) is 0 Å². The van der Waals surface area contributed by atoms with Crippen molar-refractivity contribution in [3.05, 3.63) is 68.8 Å². The standard InChI is InChI=1S/C26H22BrN5O5S/c1-4-37-26(34)24-21(13-38(35)15-7-5-6-14(8-15)36-3)32(2)20-10-17(27)25(33)16(23(20)24)9-22-30-18(11-28)19(12-29)31-22/h5-8,10,33H,4,9,13H2,1-3H3,(H,30,31). The molecule has 12 heteroatoms. The Bertz CT molecular complexity index is 1650. The van der Waals surface area contributed by atoms with Crippen LogP contribution in [0, 0.1) is 22.7 Å². The van der Waals surface area contributed by atoms with E-state index >= 15 is 0 Å². The van der Waals surface area contributed by atoms with Gasteiger partial charge in [-0.2, -0.15) is 10.5 Å². The lowest BCUT2D eigenvalue weighted by molar-refractivity contribution is 0.0527. The highest BCUT2D eigenvalue weighted by Gasteiger charge is 2.29. The third-order valence-corrected chi connectivity index (χ3v) is 7.92. The number of fused-ring (bicyclic) bond motifs is 1. The van der Waals surface area contributed by atoms with Crippen LogP contribution in [0.2, 0.25) is 0 Å². The van der Waals surface area contributed by atoms with Gasteiger partial charge in [0.25, 0.3) is 0 Å². The second-order valence-corrected chi connectivity index (χ2v) is 10.5. The van der Waals surface area contributed by atoms with Crippen LogP contribution in [-0.4, -0.2) is 43.5 Å². The maximum atomic E-state index is 13.4. The Labute approximate surface area is 229 Å². The minimum Gasteiger partial charge on any atom is -0.506 e. The third kappa shape index (κ3) is 4.88. The second kappa shape index (κ2) is 11.1. The molecule has 0 bridgehead atoms. The molecule has 1 unspecified atom stereocenters. The van der Waals surface area contributed by atoms with E-state index in [1.807, 2.05) is 12.1 Å². The number of halogens is 1. The van der Waals surface area contributed by atoms with Gasteiger partial charge in [-0.25, -0.2) is 9.78 Å². The minimum atomic E-state index is -1.54. The van der Waals surface area contributed by atoms with Crippen molar-refractivity contribution in [2.24, 2.45) is 7.05 Å². The summed E-state index contributed by atoms with van der Waals surface area (Å²) in [5, 5.41) is 30.0. The summed E-state index contributed by atoms with van der Waals surface area (Å²) in [6.45, 7) is 1.79. The van der Waals surface area contributed by atoms with Gasteiger partial charge in [0.15, 0.2) is 11.4 Å². The third-order valence-electron chi connectivity index (χ3n) is 6.00. The molecule has 0 aliphatic rings. The van der Waals surface area contributed by atoms with Crippen molar-refractivity contribution in [3.63, 3.8) is 0 Å². The molecule has 0 fully saturated rings. The molecule has 0 saturated heterocycles. The van der Waals surface area contributed by atoms with Gasteiger partial charge in [0, 0.05) is 35.0 Å². The number of esters is 1. The molecule has 0 spiro atoms. The highest BCUT2D eigenvalue weighted by atomic mass is 79.9. The molecular formula is C26H22BrN5O5S. The Morgan fingerprint density at radius 2 is 2.05 bits per heavy atom. The van der Waals surface area contributed by atoms with E-state index in [2.05, 4.69) is 25.9 Å². The zero-order valence-electron chi connectivity index (χ0n) is 20.7. The Balaban J connectivity index is 1.93. The average molecular weight is 596 g/mol. The lowest BCUT2D eigenvalue weighted by atomic mass is 10.0. The van der Waals surface area contributed by atoms with Crippen LogP contribution >= 0.6 is 15.9 Å². The number of carbonyl (C=O) groups is 1. The molecule has 2 aromatic heterocycles. The van der Waals surface area contributed by atoms with Gasteiger partial charge >= 0.3 is 5.97 Å². The van der Waals surface area contributed by atoms with E-state index in [0.29, 0.717) is 37.3 Å². The summed E-state index contributed by atoms with van der Waals surface area (Å²) in [4.78, 5) is 20.8. The number of phenolic OH excluding ortho intramolecular Hbond substituents is 1. The summed E-state index contributed by atoms with van der Waals surface area (Å²) in [6, 6.07) is 12.3. The van der Waals surface area contributed by atoms with E-state index in [9.17, 15) is 24.6 Å². The molecular weight excluding hydrogens is 574 g/mol. The predicted molar refractivity (Wildman–Crippen MR) is 142 cm³/mol. The van der Waals surface area contributed by atoms with Gasteiger partial charge in [-0.15, -0.1) is 0 Å². The number of aryl methyl sites for hydroxylation is 1. The van der Waals surface area contributed by atoms with Crippen molar-refractivity contribution in [1.29, 1.82) is 10.5 Å². The summed E-state index contributed by atoms with van der Waals surface area (Å²) in [5.74, 6) is 0.0352. The van der Waals surface area contributed by atoms with Crippen LogP contribution in [-0.2, 0) is 34.8 Å². The molecule has 38 heavy (non-hydrogen) atoms. The van der Waals surface area contributed by atoms with E-state index in [1.54, 1.807) is 48.9 Å². The molecule has 4 rings (SSSR count). The van der Waals surface area contributed by atoms with Crippen LogP contribution in [0.1, 0.15) is 45.8 Å². The number of ether oxygens (including phenoxy) is 2. The second-order valence-electron chi connectivity index (χ2n) is 8.16. The van der Waals surface area contributed by atoms with E-state index in [-0.39, 0.29) is 47.3 Å². The highest BCUT2D eigenvalue weighted by molar-refractivity contribution is 9.10. The number of aromatic amines is 1. The van der Waals surface area contributed by atoms with Gasteiger partial charge in [-0.1, -0.05) is 6.07 Å². The summed E-state index contributed by atoms with van der Waals surface area (Å²) in [6.07, 6.45) is -0.0209. The molecule has 1 atom stereocenters. The predicted octanol–water partition coefficient (Wildman–Crippen LogP) is 4.20. The number of benzene rings is 2. The smallest absolute Gasteiger partial charge is 0.340 e. The number of aromatic hydroxyl groups is 1. The first kappa shape index (κ1) is 26.9. The van der Waals surface area contributed by atoms with Crippen LogP contribution in [0.5, 0.6) is 11.5 Å². The number of nitrogens with zero attached hydrogens (tertiary/aromatic N) is 4. The molecule has 2 N–H and O–H groups in total. The molecule has 0 aliphatic carbocycles. The first-order chi connectivity index (χ1) is 18.2. The van der Waals surface area contributed by atoms with E-state index in [0.717, 1.165) is 0 Å². The fourth-order valence-electron chi connectivity index (χ4n) is 4.23. The maximum absolute atomic E-state index is 13.4. The molecule has 194 valence electrons. The minimum absolute atomic E-state index is 0.00119. The largest absolute Gasteiger partial charge is 0.506 e. The van der Waals surface area contributed by atoms with Gasteiger partial charge in [0.05, 0.1) is 45.8 Å². The van der Waals surface area contributed by atoms with Crippen LogP contribution in [0.3, 0.4) is 0 Å². The average Bonchev–Trinajstić information content (AvgIpc) is 3.44. The first-order valence-corrected chi connectivity index (χ1v) is 13.4. The Morgan fingerprint density at radius 3 is 2.68 bits per heavy atom. The van der Waals surface area contributed by atoms with Gasteiger partial charge in [-0.05, 0) is 47.1 Å².